The Bertz CT molecular complexity index is 1120. The molecule has 1 aromatic heterocycles. The Hall–Kier alpha value is -3.33. The van der Waals surface area contributed by atoms with Gasteiger partial charge < -0.3 is 19.9 Å². The highest BCUT2D eigenvalue weighted by Crippen LogP contribution is 2.22. The maximum absolute atomic E-state index is 12.5. The van der Waals surface area contributed by atoms with Gasteiger partial charge in [0.05, 0.1) is 25.3 Å². The van der Waals surface area contributed by atoms with Gasteiger partial charge in [0.25, 0.3) is 0 Å². The average Bonchev–Trinajstić information content (AvgIpc) is 3.20. The lowest BCUT2D eigenvalue weighted by Crippen LogP contribution is -2.30. The first-order chi connectivity index (χ1) is 16.3. The monoisotopic (exact) mass is 481 g/mol. The van der Waals surface area contributed by atoms with E-state index < -0.39 is 0 Å². The van der Waals surface area contributed by atoms with Crippen molar-refractivity contribution in [1.29, 1.82) is 0 Å². The van der Waals surface area contributed by atoms with E-state index in [-0.39, 0.29) is 30.0 Å². The fourth-order valence-corrected chi connectivity index (χ4v) is 4.49. The van der Waals surface area contributed by atoms with Gasteiger partial charge in [-0.1, -0.05) is 30.0 Å². The van der Waals surface area contributed by atoms with Gasteiger partial charge in [0.1, 0.15) is 5.75 Å². The fraction of sp³-hybridized carbons (Fsp3) is 0.360. The maximum atomic E-state index is 12.5. The lowest BCUT2D eigenvalue weighted by Gasteiger charge is -2.15. The Kier molecular flexibility index (Phi) is 8.70. The van der Waals surface area contributed by atoms with Crippen LogP contribution in [0.5, 0.6) is 5.75 Å². The third kappa shape index (κ3) is 6.84. The molecule has 180 valence electrons. The van der Waals surface area contributed by atoms with E-state index in [4.69, 9.17) is 4.74 Å². The number of thioether (sulfide) groups is 1. The number of anilines is 1. The van der Waals surface area contributed by atoms with Crippen molar-refractivity contribution in [3.05, 3.63) is 65.0 Å². The summed E-state index contributed by atoms with van der Waals surface area (Å²) in [4.78, 5) is 25.0. The number of nitrogens with zero attached hydrogens (tertiary/aromatic N) is 3. The Labute approximate surface area is 204 Å². The van der Waals surface area contributed by atoms with Gasteiger partial charge in [0.2, 0.25) is 11.8 Å². The number of aryl methyl sites for hydroxylation is 2. The van der Waals surface area contributed by atoms with E-state index >= 15 is 0 Å². The third-order valence-electron chi connectivity index (χ3n) is 5.19. The molecule has 3 aromatic rings. The summed E-state index contributed by atoms with van der Waals surface area (Å²) in [6.07, 6.45) is 0.259. The van der Waals surface area contributed by atoms with Gasteiger partial charge in [-0.05, 0) is 68.7 Å². The summed E-state index contributed by atoms with van der Waals surface area (Å²) < 4.78 is 7.08. The van der Waals surface area contributed by atoms with Crippen LogP contribution in [0.15, 0.2) is 47.6 Å². The molecule has 1 atom stereocenters. The van der Waals surface area contributed by atoms with Gasteiger partial charge >= 0.3 is 0 Å². The van der Waals surface area contributed by atoms with E-state index in [1.54, 1.807) is 7.11 Å². The predicted octanol–water partition coefficient (Wildman–Crippen LogP) is 4.07. The van der Waals surface area contributed by atoms with E-state index in [1.807, 2.05) is 68.7 Å². The second-order valence-corrected chi connectivity index (χ2v) is 9.05. The van der Waals surface area contributed by atoms with Gasteiger partial charge in [-0.3, -0.25) is 9.59 Å². The normalized spacial score (nSPS) is 11.7. The lowest BCUT2D eigenvalue weighted by molar-refractivity contribution is -0.121. The van der Waals surface area contributed by atoms with E-state index in [0.717, 1.165) is 28.1 Å². The molecule has 3 rings (SSSR count). The largest absolute Gasteiger partial charge is 0.497 e. The van der Waals surface area contributed by atoms with Crippen LogP contribution in [0.3, 0.4) is 0 Å². The summed E-state index contributed by atoms with van der Waals surface area (Å²) in [5.74, 6) is 1.40. The molecule has 8 nitrogen and oxygen atoms in total. The molecule has 0 radical (unpaired) electrons. The zero-order valence-corrected chi connectivity index (χ0v) is 21.0. The molecule has 9 heteroatoms. The minimum absolute atomic E-state index is 0.106. The second kappa shape index (κ2) is 11.7. The summed E-state index contributed by atoms with van der Waals surface area (Å²) in [6.45, 7) is 8.49. The Morgan fingerprint density at radius 3 is 2.35 bits per heavy atom. The van der Waals surface area contributed by atoms with Crippen molar-refractivity contribution in [3.63, 3.8) is 0 Å². The Morgan fingerprint density at radius 2 is 1.74 bits per heavy atom. The number of ether oxygens (including phenoxy) is 1. The number of carbonyl (C=O) groups is 2. The lowest BCUT2D eigenvalue weighted by atomic mass is 10.1. The molecule has 0 bridgehead atoms. The van der Waals surface area contributed by atoms with E-state index in [2.05, 4.69) is 26.9 Å². The number of hydrogen-bond acceptors (Lipinski definition) is 6. The summed E-state index contributed by atoms with van der Waals surface area (Å²) in [5.41, 5.74) is 3.88. The quantitative estimate of drug-likeness (QED) is 0.424. The zero-order chi connectivity index (χ0) is 24.7. The van der Waals surface area contributed by atoms with Gasteiger partial charge in [0.15, 0.2) is 11.0 Å². The average molecular weight is 482 g/mol. The summed E-state index contributed by atoms with van der Waals surface area (Å²) in [6, 6.07) is 13.0. The van der Waals surface area contributed by atoms with E-state index in [9.17, 15) is 9.59 Å². The van der Waals surface area contributed by atoms with Crippen LogP contribution in [0.1, 0.15) is 42.4 Å². The second-order valence-electron chi connectivity index (χ2n) is 8.11. The number of methoxy groups -OCH3 is 1. The van der Waals surface area contributed by atoms with Crippen LogP contribution in [-0.2, 0) is 22.6 Å². The number of carbonyl (C=O) groups excluding carboxylic acids is 2. The van der Waals surface area contributed by atoms with Gasteiger partial charge in [-0.2, -0.15) is 0 Å². The summed E-state index contributed by atoms with van der Waals surface area (Å²) >= 11 is 1.32. The van der Waals surface area contributed by atoms with Gasteiger partial charge in [-0.25, -0.2) is 0 Å². The Balaban J connectivity index is 1.57. The molecule has 1 heterocycles. The number of aromatic nitrogens is 3. The molecule has 0 spiro atoms. The molecule has 0 fully saturated rings. The van der Waals surface area contributed by atoms with Gasteiger partial charge in [0, 0.05) is 12.2 Å². The number of benzene rings is 2. The highest BCUT2D eigenvalue weighted by Gasteiger charge is 2.20. The smallest absolute Gasteiger partial charge is 0.234 e. The van der Waals surface area contributed by atoms with Crippen molar-refractivity contribution in [2.24, 2.45) is 0 Å². The van der Waals surface area contributed by atoms with Crippen LogP contribution in [0.25, 0.3) is 0 Å². The zero-order valence-electron chi connectivity index (χ0n) is 20.2. The first-order valence-corrected chi connectivity index (χ1v) is 12.1. The van der Waals surface area contributed by atoms with Crippen molar-refractivity contribution in [1.82, 2.24) is 20.1 Å². The van der Waals surface area contributed by atoms with Gasteiger partial charge in [-0.15, -0.1) is 10.2 Å². The minimum Gasteiger partial charge on any atom is -0.497 e. The molecule has 2 N–H and O–H groups in total. The number of rotatable bonds is 10. The highest BCUT2D eigenvalue weighted by molar-refractivity contribution is 7.99. The van der Waals surface area contributed by atoms with E-state index in [1.165, 1.54) is 11.8 Å². The van der Waals surface area contributed by atoms with Crippen molar-refractivity contribution in [2.45, 2.75) is 51.9 Å². The van der Waals surface area contributed by atoms with E-state index in [0.29, 0.717) is 17.5 Å². The van der Waals surface area contributed by atoms with Crippen molar-refractivity contribution in [2.75, 3.05) is 18.2 Å². The standard InChI is InChI=1S/C25H31N5O3S/c1-6-30-24(18(4)26-22(31)14-19-7-9-21(33-5)10-8-19)28-29-25(30)34-15-23(32)27-20-12-16(2)11-17(3)13-20/h7-13,18H,6,14-15H2,1-5H3,(H,26,31)(H,27,32)/t18-/m0/s1. The van der Waals surface area contributed by atoms with Crippen LogP contribution in [0, 0.1) is 13.8 Å². The molecule has 0 saturated carbocycles. The topological polar surface area (TPSA) is 98.1 Å². The number of hydrogen-bond donors (Lipinski definition) is 2. The molecular weight excluding hydrogens is 450 g/mol. The van der Waals surface area contributed by atoms with Crippen LogP contribution in [0.4, 0.5) is 5.69 Å². The Morgan fingerprint density at radius 1 is 1.06 bits per heavy atom. The molecule has 0 unspecified atom stereocenters. The first-order valence-electron chi connectivity index (χ1n) is 11.1. The number of nitrogens with one attached hydrogen (secondary N) is 2. The molecule has 0 aliphatic heterocycles. The fourth-order valence-electron chi connectivity index (χ4n) is 3.68. The van der Waals surface area contributed by atoms with Crippen LogP contribution < -0.4 is 15.4 Å². The molecule has 0 aliphatic carbocycles. The number of amides is 2. The SMILES string of the molecule is CCn1c(SCC(=O)Nc2cc(C)cc(C)c2)nnc1[C@H](C)NC(=O)Cc1ccc(OC)cc1. The molecule has 0 aliphatic rings. The minimum atomic E-state index is -0.323. The van der Waals surface area contributed by atoms with Crippen LogP contribution in [0.2, 0.25) is 0 Å². The third-order valence-corrected chi connectivity index (χ3v) is 6.15. The van der Waals surface area contributed by atoms with Crippen molar-refractivity contribution >= 4 is 29.3 Å². The summed E-state index contributed by atoms with van der Waals surface area (Å²) in [7, 11) is 1.61. The van der Waals surface area contributed by atoms with Crippen molar-refractivity contribution in [3.8, 4) is 5.75 Å². The first kappa shape index (κ1) is 25.3. The molecular formula is C25H31N5O3S. The molecule has 0 saturated heterocycles. The molecule has 2 amide bonds. The molecule has 2 aromatic carbocycles. The van der Waals surface area contributed by atoms with Crippen LogP contribution >= 0.6 is 11.8 Å². The highest BCUT2D eigenvalue weighted by atomic mass is 32.2. The predicted molar refractivity (Wildman–Crippen MR) is 134 cm³/mol. The van der Waals surface area contributed by atoms with Crippen LogP contribution in [-0.4, -0.2) is 39.4 Å². The van der Waals surface area contributed by atoms with Crippen molar-refractivity contribution < 1.29 is 14.3 Å². The summed E-state index contributed by atoms with van der Waals surface area (Å²) in [5, 5.41) is 15.1. The molecule has 34 heavy (non-hydrogen) atoms. The maximum Gasteiger partial charge on any atom is 0.234 e.